The van der Waals surface area contributed by atoms with Crippen LogP contribution in [0.15, 0.2) is 115 Å². The average Bonchev–Trinajstić information content (AvgIpc) is 3.80. The van der Waals surface area contributed by atoms with Gasteiger partial charge in [0.25, 0.3) is 0 Å². The van der Waals surface area contributed by atoms with Gasteiger partial charge in [-0.25, -0.2) is 4.98 Å². The van der Waals surface area contributed by atoms with Gasteiger partial charge in [-0.15, -0.1) is 0 Å². The summed E-state index contributed by atoms with van der Waals surface area (Å²) in [7, 11) is 0. The summed E-state index contributed by atoms with van der Waals surface area (Å²) in [6.07, 6.45) is 8.01. The number of aromatic nitrogens is 2. The molecule has 1 aliphatic carbocycles. The van der Waals surface area contributed by atoms with Crippen molar-refractivity contribution in [2.45, 2.75) is 45.6 Å². The van der Waals surface area contributed by atoms with Crippen molar-refractivity contribution >= 4 is 23.1 Å². The maximum atomic E-state index is 4.82. The molecule has 0 bridgehead atoms. The van der Waals surface area contributed by atoms with Crippen molar-refractivity contribution in [1.82, 2.24) is 9.97 Å². The lowest BCUT2D eigenvalue weighted by Gasteiger charge is -2.23. The molecular formula is C33H35N5. The Hall–Kier alpha value is -4.38. The molecule has 192 valence electrons. The number of hydrogen-bond donors (Lipinski definition) is 2. The SMILES string of the molecule is C=CN(c1ccnc(N[C@@H](C)c2ccccc2)n1)c1cc(NC(CCc2ccccc2)=C2CC2)ccc1C. The van der Waals surface area contributed by atoms with E-state index in [2.05, 4.69) is 96.7 Å². The molecule has 1 heterocycles. The highest BCUT2D eigenvalue weighted by Gasteiger charge is 2.19. The minimum atomic E-state index is 0.0858. The number of nitrogens with zero attached hydrogens (tertiary/aromatic N) is 3. The number of hydrogen-bond acceptors (Lipinski definition) is 5. The van der Waals surface area contributed by atoms with E-state index in [1.165, 1.54) is 35.2 Å². The number of anilines is 4. The van der Waals surface area contributed by atoms with Gasteiger partial charge >= 0.3 is 0 Å². The zero-order chi connectivity index (χ0) is 26.3. The third-order valence-corrected chi connectivity index (χ3v) is 6.91. The van der Waals surface area contributed by atoms with Crippen LogP contribution in [-0.2, 0) is 6.42 Å². The summed E-state index contributed by atoms with van der Waals surface area (Å²) in [5, 5.41) is 7.16. The summed E-state index contributed by atoms with van der Waals surface area (Å²) >= 11 is 0. The van der Waals surface area contributed by atoms with Gasteiger partial charge in [0, 0.05) is 23.8 Å². The molecule has 5 heteroatoms. The molecule has 0 saturated heterocycles. The molecule has 1 aromatic heterocycles. The van der Waals surface area contributed by atoms with Crippen LogP contribution < -0.4 is 15.5 Å². The number of benzene rings is 3. The molecule has 0 spiro atoms. The van der Waals surface area contributed by atoms with Crippen LogP contribution in [0.1, 0.15) is 48.9 Å². The van der Waals surface area contributed by atoms with Crippen LogP contribution in [-0.4, -0.2) is 9.97 Å². The highest BCUT2D eigenvalue weighted by atomic mass is 15.2. The molecule has 4 aromatic rings. The molecule has 5 nitrogen and oxygen atoms in total. The Morgan fingerprint density at radius 1 is 1.00 bits per heavy atom. The minimum Gasteiger partial charge on any atom is -0.359 e. The van der Waals surface area contributed by atoms with Crippen molar-refractivity contribution in [1.29, 1.82) is 0 Å². The smallest absolute Gasteiger partial charge is 0.225 e. The van der Waals surface area contributed by atoms with E-state index in [0.717, 1.165) is 35.6 Å². The first-order valence-corrected chi connectivity index (χ1v) is 13.3. The lowest BCUT2D eigenvalue weighted by atomic mass is 10.1. The van der Waals surface area contributed by atoms with E-state index in [4.69, 9.17) is 4.98 Å². The van der Waals surface area contributed by atoms with Crippen molar-refractivity contribution in [3.8, 4) is 0 Å². The summed E-state index contributed by atoms with van der Waals surface area (Å²) in [6, 6.07) is 29.5. The van der Waals surface area contributed by atoms with E-state index in [-0.39, 0.29) is 6.04 Å². The fraction of sp³-hybridized carbons (Fsp3) is 0.212. The standard InChI is InChI=1S/C33H35N5/c1-4-38(32-21-22-34-33(37-32)35-25(3)27-13-9-6-10-14-27)31-23-29(19-15-24(31)2)36-30(28-17-18-28)20-16-26-11-7-5-8-12-26/h4-15,19,21-23,25,36H,1,16-18,20H2,2-3H3,(H,34,35,37)/t25-/m0/s1. The van der Waals surface area contributed by atoms with Gasteiger partial charge in [-0.3, -0.25) is 0 Å². The van der Waals surface area contributed by atoms with Crippen molar-refractivity contribution in [2.24, 2.45) is 0 Å². The number of aryl methyl sites for hydroxylation is 2. The molecule has 1 saturated carbocycles. The third-order valence-electron chi connectivity index (χ3n) is 6.91. The highest BCUT2D eigenvalue weighted by Crippen LogP contribution is 2.36. The molecule has 0 amide bonds. The van der Waals surface area contributed by atoms with Crippen LogP contribution in [0.4, 0.5) is 23.1 Å². The lowest BCUT2D eigenvalue weighted by Crippen LogP contribution is -2.14. The second-order valence-corrected chi connectivity index (χ2v) is 9.76. The molecule has 0 aliphatic heterocycles. The summed E-state index contributed by atoms with van der Waals surface area (Å²) in [6.45, 7) is 8.33. The van der Waals surface area contributed by atoms with Crippen LogP contribution in [0.3, 0.4) is 0 Å². The molecule has 1 atom stereocenters. The normalized spacial score (nSPS) is 12.9. The van der Waals surface area contributed by atoms with Crippen molar-refractivity contribution in [3.05, 3.63) is 132 Å². The Kier molecular flexibility index (Phi) is 7.84. The minimum absolute atomic E-state index is 0.0858. The van der Waals surface area contributed by atoms with Crippen molar-refractivity contribution in [3.63, 3.8) is 0 Å². The maximum Gasteiger partial charge on any atom is 0.225 e. The zero-order valence-corrected chi connectivity index (χ0v) is 22.2. The molecular weight excluding hydrogens is 466 g/mol. The van der Waals surface area contributed by atoms with E-state index in [0.29, 0.717) is 5.95 Å². The van der Waals surface area contributed by atoms with Gasteiger partial charge in [-0.2, -0.15) is 4.98 Å². The van der Waals surface area contributed by atoms with Gasteiger partial charge in [0.2, 0.25) is 5.95 Å². The van der Waals surface area contributed by atoms with Gasteiger partial charge in [0.1, 0.15) is 5.82 Å². The highest BCUT2D eigenvalue weighted by molar-refractivity contribution is 5.71. The van der Waals surface area contributed by atoms with Gasteiger partial charge in [-0.1, -0.05) is 78.9 Å². The average molecular weight is 502 g/mol. The Morgan fingerprint density at radius 3 is 2.45 bits per heavy atom. The molecule has 38 heavy (non-hydrogen) atoms. The van der Waals surface area contributed by atoms with Gasteiger partial charge in [-0.05, 0) is 74.4 Å². The predicted octanol–water partition coefficient (Wildman–Crippen LogP) is 8.33. The summed E-state index contributed by atoms with van der Waals surface area (Å²) in [5.41, 5.74) is 8.68. The van der Waals surface area contributed by atoms with Crippen molar-refractivity contribution < 1.29 is 0 Å². The van der Waals surface area contributed by atoms with Crippen LogP contribution in [0.25, 0.3) is 0 Å². The molecule has 1 aliphatic rings. The van der Waals surface area contributed by atoms with E-state index in [1.54, 1.807) is 6.20 Å². The van der Waals surface area contributed by atoms with E-state index < -0.39 is 0 Å². The molecule has 1 fully saturated rings. The van der Waals surface area contributed by atoms with Gasteiger partial charge in [0.05, 0.1) is 11.7 Å². The first-order valence-electron chi connectivity index (χ1n) is 13.3. The number of allylic oxidation sites excluding steroid dienone is 2. The fourth-order valence-electron chi connectivity index (χ4n) is 4.61. The van der Waals surface area contributed by atoms with Gasteiger partial charge < -0.3 is 15.5 Å². The monoisotopic (exact) mass is 501 g/mol. The summed E-state index contributed by atoms with van der Waals surface area (Å²) in [4.78, 5) is 11.3. The Labute approximate surface area is 226 Å². The van der Waals surface area contributed by atoms with E-state index >= 15 is 0 Å². The largest absolute Gasteiger partial charge is 0.359 e. The van der Waals surface area contributed by atoms with E-state index in [9.17, 15) is 0 Å². The molecule has 0 unspecified atom stereocenters. The van der Waals surface area contributed by atoms with E-state index in [1.807, 2.05) is 35.4 Å². The summed E-state index contributed by atoms with van der Waals surface area (Å²) < 4.78 is 0. The molecule has 3 aromatic carbocycles. The van der Waals surface area contributed by atoms with Crippen LogP contribution >= 0.6 is 0 Å². The Bertz CT molecular complexity index is 1410. The topological polar surface area (TPSA) is 53.1 Å². The van der Waals surface area contributed by atoms with Crippen LogP contribution in [0.5, 0.6) is 0 Å². The second kappa shape index (κ2) is 11.8. The summed E-state index contributed by atoms with van der Waals surface area (Å²) in [5.74, 6) is 1.35. The Morgan fingerprint density at radius 2 is 1.74 bits per heavy atom. The Balaban J connectivity index is 1.34. The molecule has 2 N–H and O–H groups in total. The van der Waals surface area contributed by atoms with Crippen molar-refractivity contribution in [2.75, 3.05) is 15.5 Å². The number of nitrogens with one attached hydrogen (secondary N) is 2. The maximum absolute atomic E-state index is 4.82. The van der Waals surface area contributed by atoms with Crippen LogP contribution in [0.2, 0.25) is 0 Å². The molecule has 5 rings (SSSR count). The predicted molar refractivity (Wildman–Crippen MR) is 159 cm³/mol. The lowest BCUT2D eigenvalue weighted by molar-refractivity contribution is 0.859. The van der Waals surface area contributed by atoms with Crippen LogP contribution in [0, 0.1) is 6.92 Å². The quantitative estimate of drug-likeness (QED) is 0.216. The molecule has 0 radical (unpaired) electrons. The number of rotatable bonds is 11. The zero-order valence-electron chi connectivity index (χ0n) is 22.2. The first kappa shape index (κ1) is 25.3. The second-order valence-electron chi connectivity index (χ2n) is 9.76. The third kappa shape index (κ3) is 6.30. The fourth-order valence-corrected chi connectivity index (χ4v) is 4.61. The first-order chi connectivity index (χ1) is 18.6. The van der Waals surface area contributed by atoms with Gasteiger partial charge in [0.15, 0.2) is 0 Å².